The highest BCUT2D eigenvalue weighted by Crippen LogP contribution is 2.28. The minimum atomic E-state index is -0.148. The lowest BCUT2D eigenvalue weighted by Crippen LogP contribution is -2.13. The summed E-state index contributed by atoms with van der Waals surface area (Å²) in [5.74, 6) is 1.65. The monoisotopic (exact) mass is 287 g/mol. The van der Waals surface area contributed by atoms with Crippen LogP contribution in [-0.4, -0.2) is 27.4 Å². The highest BCUT2D eigenvalue weighted by molar-refractivity contribution is 5.36. The maximum atomic E-state index is 5.90. The summed E-state index contributed by atoms with van der Waals surface area (Å²) in [6.45, 7) is 0.992. The molecular weight excluding hydrogens is 266 g/mol. The molecule has 0 spiro atoms. The Balaban J connectivity index is 2.26. The maximum Gasteiger partial charge on any atom is 0.118 e. The summed E-state index contributed by atoms with van der Waals surface area (Å²) in [6, 6.07) is 15.7. The second kappa shape index (κ2) is 7.67. The van der Waals surface area contributed by atoms with Gasteiger partial charge in [-0.2, -0.15) is 0 Å². The molecule has 0 aromatic heterocycles. The van der Waals surface area contributed by atoms with Crippen LogP contribution in [-0.2, 0) is 4.74 Å². The Bertz CT molecular complexity index is 489. The molecule has 0 bridgehead atoms. The van der Waals surface area contributed by atoms with E-state index >= 15 is 0 Å². The third kappa shape index (κ3) is 3.97. The van der Waals surface area contributed by atoms with Gasteiger partial charge in [-0.3, -0.25) is 0 Å². The van der Waals surface area contributed by atoms with Crippen LogP contribution in [0.15, 0.2) is 48.5 Å². The van der Waals surface area contributed by atoms with Crippen molar-refractivity contribution >= 4 is 0 Å². The van der Waals surface area contributed by atoms with Gasteiger partial charge in [-0.15, -0.1) is 0 Å². The van der Waals surface area contributed by atoms with Gasteiger partial charge in [-0.1, -0.05) is 24.3 Å². The Morgan fingerprint density at radius 2 is 1.24 bits per heavy atom. The van der Waals surface area contributed by atoms with E-state index in [-0.39, 0.29) is 6.10 Å². The molecule has 0 unspecified atom stereocenters. The van der Waals surface area contributed by atoms with Gasteiger partial charge in [0.2, 0.25) is 0 Å². The predicted octanol–water partition coefficient (Wildman–Crippen LogP) is 2.77. The molecule has 0 aliphatic heterocycles. The zero-order chi connectivity index (χ0) is 15.1. The molecule has 2 N–H and O–H groups in total. The van der Waals surface area contributed by atoms with E-state index in [4.69, 9.17) is 19.9 Å². The first-order valence-electron chi connectivity index (χ1n) is 6.88. The van der Waals surface area contributed by atoms with Crippen molar-refractivity contribution in [3.8, 4) is 11.5 Å². The lowest BCUT2D eigenvalue weighted by molar-refractivity contribution is 0.0864. The summed E-state index contributed by atoms with van der Waals surface area (Å²) in [5, 5.41) is 0. The minimum Gasteiger partial charge on any atom is -0.497 e. The molecule has 112 valence electrons. The molecule has 2 aromatic carbocycles. The van der Waals surface area contributed by atoms with E-state index in [0.717, 1.165) is 22.6 Å². The smallest absolute Gasteiger partial charge is 0.118 e. The van der Waals surface area contributed by atoms with Crippen LogP contribution in [0.2, 0.25) is 0 Å². The van der Waals surface area contributed by atoms with Crippen LogP contribution in [0, 0.1) is 0 Å². The Kier molecular flexibility index (Phi) is 5.60. The molecule has 4 nitrogen and oxygen atoms in total. The Morgan fingerprint density at radius 3 is 1.57 bits per heavy atom. The van der Waals surface area contributed by atoms with Crippen molar-refractivity contribution < 1.29 is 14.2 Å². The van der Waals surface area contributed by atoms with E-state index in [0.29, 0.717) is 13.2 Å². The quantitative estimate of drug-likeness (QED) is 0.850. The summed E-state index contributed by atoms with van der Waals surface area (Å²) >= 11 is 0. The topological polar surface area (TPSA) is 53.7 Å². The Hall–Kier alpha value is -2.04. The summed E-state index contributed by atoms with van der Waals surface area (Å²) in [5.41, 5.74) is 7.69. The zero-order valence-corrected chi connectivity index (χ0v) is 12.4. The molecule has 21 heavy (non-hydrogen) atoms. The van der Waals surface area contributed by atoms with Crippen LogP contribution in [0.5, 0.6) is 11.5 Å². The van der Waals surface area contributed by atoms with Crippen molar-refractivity contribution in [2.75, 3.05) is 27.4 Å². The van der Waals surface area contributed by atoms with E-state index in [1.165, 1.54) is 0 Å². The third-order valence-electron chi connectivity index (χ3n) is 3.24. The lowest BCUT2D eigenvalue weighted by Gasteiger charge is -2.19. The average Bonchev–Trinajstić information content (AvgIpc) is 2.56. The lowest BCUT2D eigenvalue weighted by atomic mass is 10.0. The van der Waals surface area contributed by atoms with Gasteiger partial charge in [-0.05, 0) is 35.4 Å². The number of hydrogen-bond donors (Lipinski definition) is 1. The van der Waals surface area contributed by atoms with Crippen LogP contribution < -0.4 is 15.2 Å². The van der Waals surface area contributed by atoms with Gasteiger partial charge in [0, 0.05) is 6.54 Å². The molecule has 0 radical (unpaired) electrons. The number of rotatable bonds is 7. The molecular formula is C17H21NO3. The van der Waals surface area contributed by atoms with Gasteiger partial charge in [-0.25, -0.2) is 0 Å². The van der Waals surface area contributed by atoms with E-state index in [2.05, 4.69) is 0 Å². The normalized spacial score (nSPS) is 10.7. The summed E-state index contributed by atoms with van der Waals surface area (Å²) in [4.78, 5) is 0. The van der Waals surface area contributed by atoms with Gasteiger partial charge in [0.25, 0.3) is 0 Å². The number of methoxy groups -OCH3 is 2. The average molecular weight is 287 g/mol. The van der Waals surface area contributed by atoms with Gasteiger partial charge in [0.05, 0.1) is 20.8 Å². The van der Waals surface area contributed by atoms with Crippen molar-refractivity contribution in [1.82, 2.24) is 0 Å². The molecule has 0 heterocycles. The number of ether oxygens (including phenoxy) is 3. The predicted molar refractivity (Wildman–Crippen MR) is 82.8 cm³/mol. The van der Waals surface area contributed by atoms with Gasteiger partial charge in [0.15, 0.2) is 0 Å². The van der Waals surface area contributed by atoms with E-state index in [9.17, 15) is 0 Å². The molecule has 4 heteroatoms. The third-order valence-corrected chi connectivity index (χ3v) is 3.24. The highest BCUT2D eigenvalue weighted by Gasteiger charge is 2.14. The second-order valence-corrected chi connectivity index (χ2v) is 4.59. The SMILES string of the molecule is COc1ccc(C(OCCN)c2ccc(OC)cc2)cc1. The summed E-state index contributed by atoms with van der Waals surface area (Å²) < 4.78 is 16.3. The molecule has 0 atom stereocenters. The van der Waals surface area contributed by atoms with Crippen LogP contribution in [0.4, 0.5) is 0 Å². The summed E-state index contributed by atoms with van der Waals surface area (Å²) in [7, 11) is 3.31. The maximum absolute atomic E-state index is 5.90. The van der Waals surface area contributed by atoms with Crippen LogP contribution in [0.25, 0.3) is 0 Å². The van der Waals surface area contributed by atoms with Crippen molar-refractivity contribution in [3.05, 3.63) is 59.7 Å². The first-order valence-corrected chi connectivity index (χ1v) is 6.88. The molecule has 0 amide bonds. The van der Waals surface area contributed by atoms with Crippen LogP contribution in [0.1, 0.15) is 17.2 Å². The molecule has 0 aliphatic rings. The Labute approximate surface area is 125 Å². The molecule has 0 aliphatic carbocycles. The van der Waals surface area contributed by atoms with Crippen molar-refractivity contribution in [2.24, 2.45) is 5.73 Å². The highest BCUT2D eigenvalue weighted by atomic mass is 16.5. The van der Waals surface area contributed by atoms with E-state index in [1.54, 1.807) is 14.2 Å². The number of benzene rings is 2. The zero-order valence-electron chi connectivity index (χ0n) is 12.4. The van der Waals surface area contributed by atoms with Crippen molar-refractivity contribution in [2.45, 2.75) is 6.10 Å². The van der Waals surface area contributed by atoms with Gasteiger partial charge < -0.3 is 19.9 Å². The summed E-state index contributed by atoms with van der Waals surface area (Å²) in [6.07, 6.45) is -0.148. The van der Waals surface area contributed by atoms with E-state index < -0.39 is 0 Å². The standard InChI is InChI=1S/C17H21NO3/c1-19-15-7-3-13(4-8-15)17(21-12-11-18)14-5-9-16(20-2)10-6-14/h3-10,17H,11-12,18H2,1-2H3. The molecule has 0 fully saturated rings. The first-order chi connectivity index (χ1) is 10.3. The van der Waals surface area contributed by atoms with Gasteiger partial charge in [0.1, 0.15) is 17.6 Å². The second-order valence-electron chi connectivity index (χ2n) is 4.59. The molecule has 2 rings (SSSR count). The van der Waals surface area contributed by atoms with E-state index in [1.807, 2.05) is 48.5 Å². The number of hydrogen-bond acceptors (Lipinski definition) is 4. The van der Waals surface area contributed by atoms with Crippen LogP contribution in [0.3, 0.4) is 0 Å². The minimum absolute atomic E-state index is 0.148. The van der Waals surface area contributed by atoms with Gasteiger partial charge >= 0.3 is 0 Å². The molecule has 0 saturated heterocycles. The Morgan fingerprint density at radius 1 is 0.810 bits per heavy atom. The first kappa shape index (κ1) is 15.4. The number of nitrogens with two attached hydrogens (primary N) is 1. The fourth-order valence-electron chi connectivity index (χ4n) is 2.13. The molecule has 0 saturated carbocycles. The molecule has 2 aromatic rings. The van der Waals surface area contributed by atoms with Crippen molar-refractivity contribution in [3.63, 3.8) is 0 Å². The van der Waals surface area contributed by atoms with Crippen LogP contribution >= 0.6 is 0 Å². The fraction of sp³-hybridized carbons (Fsp3) is 0.294. The largest absolute Gasteiger partial charge is 0.497 e. The fourth-order valence-corrected chi connectivity index (χ4v) is 2.13. The van der Waals surface area contributed by atoms with Crippen molar-refractivity contribution in [1.29, 1.82) is 0 Å².